The molecule has 47 heavy (non-hydrogen) atoms. The molecule has 0 bridgehead atoms. The molecule has 0 aliphatic heterocycles. The van der Waals surface area contributed by atoms with Crippen LogP contribution in [0.4, 0.5) is 11.4 Å². The average molecular weight is 662 g/mol. The molecular formula is C38H32ClN3O4S. The lowest BCUT2D eigenvalue weighted by molar-refractivity contribution is -0.116. The van der Waals surface area contributed by atoms with Crippen molar-refractivity contribution in [1.82, 2.24) is 5.32 Å². The van der Waals surface area contributed by atoms with E-state index in [4.69, 9.17) is 16.3 Å². The highest BCUT2D eigenvalue weighted by atomic mass is 35.5. The fourth-order valence-corrected chi connectivity index (χ4v) is 5.77. The van der Waals surface area contributed by atoms with Crippen LogP contribution in [0.25, 0.3) is 6.08 Å². The van der Waals surface area contributed by atoms with Gasteiger partial charge in [-0.15, -0.1) is 11.8 Å². The monoisotopic (exact) mass is 661 g/mol. The zero-order chi connectivity index (χ0) is 33.0. The minimum absolute atomic E-state index is 0.0607. The molecule has 0 aromatic heterocycles. The predicted octanol–water partition coefficient (Wildman–Crippen LogP) is 8.62. The smallest absolute Gasteiger partial charge is 0.272 e. The van der Waals surface area contributed by atoms with E-state index in [1.807, 2.05) is 61.5 Å². The van der Waals surface area contributed by atoms with Crippen LogP contribution in [0.2, 0.25) is 5.02 Å². The Labute approximate surface area is 283 Å². The van der Waals surface area contributed by atoms with Crippen molar-refractivity contribution in [3.8, 4) is 5.75 Å². The topological polar surface area (TPSA) is 96.5 Å². The molecule has 5 aromatic rings. The summed E-state index contributed by atoms with van der Waals surface area (Å²) >= 11 is 7.37. The van der Waals surface area contributed by atoms with Gasteiger partial charge in [-0.05, 0) is 90.9 Å². The third-order valence-electron chi connectivity index (χ3n) is 6.83. The number of halogens is 1. The van der Waals surface area contributed by atoms with Gasteiger partial charge in [-0.1, -0.05) is 78.3 Å². The molecule has 0 aliphatic carbocycles. The molecule has 0 saturated heterocycles. The van der Waals surface area contributed by atoms with E-state index in [0.717, 1.165) is 10.5 Å². The van der Waals surface area contributed by atoms with Gasteiger partial charge in [-0.2, -0.15) is 0 Å². The molecule has 9 heteroatoms. The molecule has 0 saturated carbocycles. The van der Waals surface area contributed by atoms with Gasteiger partial charge in [0.1, 0.15) is 16.7 Å². The van der Waals surface area contributed by atoms with Crippen molar-refractivity contribution < 1.29 is 19.1 Å². The first-order valence-corrected chi connectivity index (χ1v) is 16.1. The standard InChI is InChI=1S/C38H32ClN3O4S/c1-2-46-32-22-16-26(17-23-32)24-34(42-36(43)28-12-7-4-8-13-28)37(44)41-31-14-9-15-33(25-31)47-35(27-10-5-3-6-11-27)38(45)40-30-20-18-29(39)19-21-30/h3-25,35H,2H2,1H3,(H,40,45)(H,41,44)(H,42,43)/b34-24+. The number of ether oxygens (including phenoxy) is 1. The van der Waals surface area contributed by atoms with Gasteiger partial charge >= 0.3 is 0 Å². The SMILES string of the molecule is CCOc1ccc(/C=C(/NC(=O)c2ccccc2)C(=O)Nc2cccc(SC(C(=O)Nc3ccc(Cl)cc3)c3ccccc3)c2)cc1. The minimum Gasteiger partial charge on any atom is -0.494 e. The Hall–Kier alpha value is -5.31. The summed E-state index contributed by atoms with van der Waals surface area (Å²) < 4.78 is 5.53. The first-order chi connectivity index (χ1) is 22.9. The van der Waals surface area contributed by atoms with Gasteiger partial charge in [0.25, 0.3) is 11.8 Å². The number of hydrogen-bond donors (Lipinski definition) is 3. The summed E-state index contributed by atoms with van der Waals surface area (Å²) in [6.45, 7) is 2.44. The van der Waals surface area contributed by atoms with Crippen LogP contribution >= 0.6 is 23.4 Å². The lowest BCUT2D eigenvalue weighted by Crippen LogP contribution is -2.30. The second kappa shape index (κ2) is 16.3. The first kappa shape index (κ1) is 33.1. The Balaban J connectivity index is 1.37. The molecule has 0 spiro atoms. The second-order valence-electron chi connectivity index (χ2n) is 10.3. The number of anilines is 2. The molecule has 7 nitrogen and oxygen atoms in total. The van der Waals surface area contributed by atoms with Crippen molar-refractivity contribution >= 4 is 58.5 Å². The number of rotatable bonds is 12. The quantitative estimate of drug-likeness (QED) is 0.0919. The van der Waals surface area contributed by atoms with Gasteiger partial charge in [0.2, 0.25) is 5.91 Å². The Morgan fingerprint density at radius 1 is 0.766 bits per heavy atom. The largest absolute Gasteiger partial charge is 0.494 e. The Morgan fingerprint density at radius 2 is 1.45 bits per heavy atom. The van der Waals surface area contributed by atoms with Gasteiger partial charge in [-0.3, -0.25) is 14.4 Å². The zero-order valence-corrected chi connectivity index (χ0v) is 27.1. The summed E-state index contributed by atoms with van der Waals surface area (Å²) in [5, 5.41) is 8.63. The maximum atomic E-state index is 13.6. The second-order valence-corrected chi connectivity index (χ2v) is 11.9. The van der Waals surface area contributed by atoms with E-state index in [0.29, 0.717) is 39.9 Å². The third kappa shape index (κ3) is 9.59. The van der Waals surface area contributed by atoms with Crippen LogP contribution in [-0.4, -0.2) is 24.3 Å². The van der Waals surface area contributed by atoms with Crippen molar-refractivity contribution in [2.45, 2.75) is 17.1 Å². The van der Waals surface area contributed by atoms with Crippen LogP contribution in [0.5, 0.6) is 5.75 Å². The normalized spacial score (nSPS) is 11.7. The van der Waals surface area contributed by atoms with Crippen molar-refractivity contribution in [2.75, 3.05) is 17.2 Å². The number of nitrogens with one attached hydrogen (secondary N) is 3. The molecule has 3 N–H and O–H groups in total. The van der Waals surface area contributed by atoms with Crippen molar-refractivity contribution in [3.05, 3.63) is 161 Å². The summed E-state index contributed by atoms with van der Waals surface area (Å²) in [7, 11) is 0. The molecule has 1 unspecified atom stereocenters. The first-order valence-electron chi connectivity index (χ1n) is 14.9. The van der Waals surface area contributed by atoms with Crippen molar-refractivity contribution in [2.24, 2.45) is 0 Å². The average Bonchev–Trinajstić information content (AvgIpc) is 3.09. The molecule has 0 radical (unpaired) electrons. The molecule has 236 valence electrons. The number of hydrogen-bond acceptors (Lipinski definition) is 5. The molecule has 3 amide bonds. The molecular weight excluding hydrogens is 630 g/mol. The van der Waals surface area contributed by atoms with Gasteiger partial charge in [0, 0.05) is 26.9 Å². The minimum atomic E-state index is -0.585. The fourth-order valence-electron chi connectivity index (χ4n) is 4.56. The lowest BCUT2D eigenvalue weighted by Gasteiger charge is -2.18. The Bertz CT molecular complexity index is 1850. The summed E-state index contributed by atoms with van der Waals surface area (Å²) in [6, 6.07) is 39.5. The predicted molar refractivity (Wildman–Crippen MR) is 190 cm³/mol. The van der Waals surface area contributed by atoms with Gasteiger partial charge in [0.05, 0.1) is 6.61 Å². The highest BCUT2D eigenvalue weighted by Gasteiger charge is 2.23. The summed E-state index contributed by atoms with van der Waals surface area (Å²) in [5.74, 6) is -0.429. The third-order valence-corrected chi connectivity index (χ3v) is 8.33. The van der Waals surface area contributed by atoms with Gasteiger partial charge in [-0.25, -0.2) is 0 Å². The molecule has 0 aliphatic rings. The van der Waals surface area contributed by atoms with Crippen LogP contribution in [-0.2, 0) is 9.59 Å². The van der Waals surface area contributed by atoms with E-state index >= 15 is 0 Å². The summed E-state index contributed by atoms with van der Waals surface area (Å²) in [4.78, 5) is 41.0. The van der Waals surface area contributed by atoms with Crippen LogP contribution in [0.1, 0.15) is 33.7 Å². The highest BCUT2D eigenvalue weighted by Crippen LogP contribution is 2.37. The van der Waals surface area contributed by atoms with E-state index in [1.165, 1.54) is 11.8 Å². The van der Waals surface area contributed by atoms with Gasteiger partial charge in [0.15, 0.2) is 0 Å². The zero-order valence-electron chi connectivity index (χ0n) is 25.5. The number of carbonyl (C=O) groups is 3. The van der Waals surface area contributed by atoms with Crippen LogP contribution in [0.15, 0.2) is 144 Å². The highest BCUT2D eigenvalue weighted by molar-refractivity contribution is 8.00. The number of thioether (sulfide) groups is 1. The molecule has 0 fully saturated rings. The van der Waals surface area contributed by atoms with Crippen molar-refractivity contribution in [3.63, 3.8) is 0 Å². The Morgan fingerprint density at radius 3 is 2.13 bits per heavy atom. The maximum absolute atomic E-state index is 13.6. The van der Waals surface area contributed by atoms with Crippen molar-refractivity contribution in [1.29, 1.82) is 0 Å². The van der Waals surface area contributed by atoms with E-state index in [1.54, 1.807) is 84.9 Å². The van der Waals surface area contributed by atoms with E-state index in [9.17, 15) is 14.4 Å². The number of benzene rings is 5. The fraction of sp³-hybridized carbons (Fsp3) is 0.0789. The molecule has 5 rings (SSSR count). The van der Waals surface area contributed by atoms with Crippen LogP contribution in [0.3, 0.4) is 0 Å². The lowest BCUT2D eigenvalue weighted by atomic mass is 10.1. The number of carbonyl (C=O) groups excluding carboxylic acids is 3. The maximum Gasteiger partial charge on any atom is 0.272 e. The van der Waals surface area contributed by atoms with E-state index in [2.05, 4.69) is 16.0 Å². The molecule has 1 atom stereocenters. The molecule has 5 aromatic carbocycles. The van der Waals surface area contributed by atoms with E-state index in [-0.39, 0.29) is 11.6 Å². The number of amides is 3. The Kier molecular flexibility index (Phi) is 11.5. The van der Waals surface area contributed by atoms with Crippen LogP contribution < -0.4 is 20.7 Å². The van der Waals surface area contributed by atoms with E-state index < -0.39 is 17.1 Å². The van der Waals surface area contributed by atoms with Gasteiger partial charge < -0.3 is 20.7 Å². The summed E-state index contributed by atoms with van der Waals surface area (Å²) in [6.07, 6.45) is 1.61. The summed E-state index contributed by atoms with van der Waals surface area (Å²) in [5.41, 5.74) is 3.13. The van der Waals surface area contributed by atoms with Crippen LogP contribution in [0, 0.1) is 0 Å². The molecule has 0 heterocycles.